The van der Waals surface area contributed by atoms with Gasteiger partial charge in [-0.05, 0) is 25.2 Å². The Bertz CT molecular complexity index is 989. The van der Waals surface area contributed by atoms with Crippen LogP contribution in [0, 0.1) is 11.8 Å². The third-order valence-corrected chi connectivity index (χ3v) is 6.39. The van der Waals surface area contributed by atoms with Crippen molar-refractivity contribution in [1.29, 1.82) is 0 Å². The summed E-state index contributed by atoms with van der Waals surface area (Å²) in [4.78, 5) is 37.6. The molecule has 2 N–H and O–H groups in total. The molecule has 0 saturated heterocycles. The maximum Gasteiger partial charge on any atom is 0.330 e. The lowest BCUT2D eigenvalue weighted by Crippen LogP contribution is -2.45. The number of nitrogens with zero attached hydrogens (tertiary/aromatic N) is 4. The van der Waals surface area contributed by atoms with Gasteiger partial charge in [-0.15, -0.1) is 10.2 Å². The van der Waals surface area contributed by atoms with Crippen molar-refractivity contribution in [3.05, 3.63) is 22.6 Å². The van der Waals surface area contributed by atoms with Crippen molar-refractivity contribution in [2.45, 2.75) is 70.2 Å². The number of aryl methyl sites for hydroxylation is 1. The maximum absolute atomic E-state index is 13.0. The molecule has 1 aliphatic carbocycles. The molecule has 11 heteroatoms. The van der Waals surface area contributed by atoms with Gasteiger partial charge in [0.05, 0.1) is 12.2 Å². The molecule has 1 fully saturated rings. The van der Waals surface area contributed by atoms with Crippen molar-refractivity contribution < 1.29 is 19.1 Å². The molecule has 2 aromatic rings. The van der Waals surface area contributed by atoms with Gasteiger partial charge >= 0.3 is 5.69 Å². The highest BCUT2D eigenvalue weighted by molar-refractivity contribution is 7.99. The summed E-state index contributed by atoms with van der Waals surface area (Å²) in [6.45, 7) is 4.22. The number of amides is 1. The second-order valence-electron chi connectivity index (χ2n) is 8.64. The van der Waals surface area contributed by atoms with Gasteiger partial charge < -0.3 is 14.8 Å². The van der Waals surface area contributed by atoms with Crippen LogP contribution in [0.15, 0.2) is 20.6 Å². The molecule has 0 aliphatic heterocycles. The molecule has 3 rings (SSSR count). The number of imidazole rings is 1. The van der Waals surface area contributed by atoms with Crippen LogP contribution in [0.1, 0.15) is 63.1 Å². The van der Waals surface area contributed by atoms with E-state index in [1.165, 1.54) is 27.1 Å². The number of rotatable bonds is 10. The molecule has 1 saturated carbocycles. The van der Waals surface area contributed by atoms with Crippen molar-refractivity contribution >= 4 is 23.5 Å². The van der Waals surface area contributed by atoms with Crippen LogP contribution in [0.4, 0.5) is 0 Å². The van der Waals surface area contributed by atoms with Gasteiger partial charge in [-0.25, -0.2) is 4.79 Å². The summed E-state index contributed by atoms with van der Waals surface area (Å²) in [5.74, 6) is -0.181. The summed E-state index contributed by atoms with van der Waals surface area (Å²) < 4.78 is 8.05. The van der Waals surface area contributed by atoms with Gasteiger partial charge in [-0.3, -0.25) is 18.7 Å². The minimum Gasteiger partial charge on any atom is -0.493 e. The average Bonchev–Trinajstić information content (AvgIpc) is 3.33. The van der Waals surface area contributed by atoms with E-state index in [0.717, 1.165) is 32.1 Å². The van der Waals surface area contributed by atoms with Crippen LogP contribution in [-0.2, 0) is 18.4 Å². The number of hydrogen-bond donors (Lipinski definition) is 2. The van der Waals surface area contributed by atoms with Crippen LogP contribution in [0.5, 0.6) is 5.88 Å². The number of carbonyl (C=O) groups excluding carboxylic acids is 2. The number of ketones is 1. The first-order valence-corrected chi connectivity index (χ1v) is 12.0. The summed E-state index contributed by atoms with van der Waals surface area (Å²) in [5, 5.41) is 20.7. The smallest absolute Gasteiger partial charge is 0.330 e. The van der Waals surface area contributed by atoms with Gasteiger partial charge in [0, 0.05) is 25.3 Å². The van der Waals surface area contributed by atoms with E-state index >= 15 is 0 Å². The second-order valence-corrected chi connectivity index (χ2v) is 9.69. The Hall–Kier alpha value is -2.56. The number of aromatic hydroxyl groups is 1. The quantitative estimate of drug-likeness (QED) is 0.404. The Morgan fingerprint density at radius 2 is 2.00 bits per heavy atom. The Kier molecular flexibility index (Phi) is 8.16. The Labute approximate surface area is 190 Å². The topological polar surface area (TPSA) is 132 Å². The number of nitrogens with one attached hydrogen (secondary N) is 1. The Balaban J connectivity index is 1.60. The van der Waals surface area contributed by atoms with E-state index in [4.69, 9.17) is 4.42 Å². The molecule has 2 aromatic heterocycles. The fourth-order valence-electron chi connectivity index (χ4n) is 3.89. The van der Waals surface area contributed by atoms with Crippen molar-refractivity contribution in [2.75, 3.05) is 5.75 Å². The van der Waals surface area contributed by atoms with E-state index in [-0.39, 0.29) is 52.8 Å². The molecule has 0 spiro atoms. The van der Waals surface area contributed by atoms with E-state index in [0.29, 0.717) is 12.2 Å². The first-order chi connectivity index (χ1) is 15.3. The lowest BCUT2D eigenvalue weighted by molar-refractivity contribution is -0.126. The summed E-state index contributed by atoms with van der Waals surface area (Å²) >= 11 is 1.18. The van der Waals surface area contributed by atoms with Crippen LogP contribution >= 0.6 is 11.8 Å². The molecule has 10 nitrogen and oxygen atoms in total. The van der Waals surface area contributed by atoms with Gasteiger partial charge in [-0.2, -0.15) is 0 Å². The van der Waals surface area contributed by atoms with Crippen molar-refractivity contribution in [1.82, 2.24) is 24.6 Å². The normalized spacial score (nSPS) is 15.8. The number of aromatic nitrogens is 4. The molecular weight excluding hydrogens is 434 g/mol. The molecule has 0 bridgehead atoms. The van der Waals surface area contributed by atoms with Crippen LogP contribution in [-0.4, -0.2) is 47.9 Å². The molecule has 1 amide bonds. The van der Waals surface area contributed by atoms with Crippen LogP contribution in [0.25, 0.3) is 0 Å². The van der Waals surface area contributed by atoms with Crippen molar-refractivity contribution in [3.63, 3.8) is 0 Å². The van der Waals surface area contributed by atoms with E-state index in [9.17, 15) is 19.5 Å². The zero-order valence-electron chi connectivity index (χ0n) is 18.7. The highest BCUT2D eigenvalue weighted by Gasteiger charge is 2.30. The SMILES string of the molecule is CC(C)C[C@H](NC(=O)C1CCCCC1)C(=O)c1nnc(SCCn2c(O)cn(C)c2=O)o1. The number of carbonyl (C=O) groups is 2. The van der Waals surface area contributed by atoms with E-state index in [2.05, 4.69) is 15.5 Å². The Morgan fingerprint density at radius 1 is 1.28 bits per heavy atom. The van der Waals surface area contributed by atoms with Gasteiger partial charge in [0.25, 0.3) is 11.1 Å². The lowest BCUT2D eigenvalue weighted by atomic mass is 9.88. The molecule has 176 valence electrons. The van der Waals surface area contributed by atoms with E-state index in [1.54, 1.807) is 7.05 Å². The molecule has 0 radical (unpaired) electrons. The third kappa shape index (κ3) is 6.02. The van der Waals surface area contributed by atoms with Crippen molar-refractivity contribution in [3.8, 4) is 5.88 Å². The van der Waals surface area contributed by atoms with Gasteiger partial charge in [0.1, 0.15) is 0 Å². The standard InChI is InChI=1S/C21H31N5O5S/c1-13(2)11-15(22-18(29)14-7-5-4-6-8-14)17(28)19-23-24-20(31-19)32-10-9-26-16(27)12-25(3)21(26)30/h12-15,27H,4-11H2,1-3H3,(H,22,29)/t15-/m0/s1. The number of thioether (sulfide) groups is 1. The zero-order chi connectivity index (χ0) is 23.3. The number of hydrogen-bond acceptors (Lipinski definition) is 8. The minimum atomic E-state index is -0.706. The van der Waals surface area contributed by atoms with Gasteiger partial charge in [0.2, 0.25) is 17.6 Å². The highest BCUT2D eigenvalue weighted by Crippen LogP contribution is 2.24. The van der Waals surface area contributed by atoms with Crippen LogP contribution < -0.4 is 11.0 Å². The first kappa shape index (κ1) is 24.1. The van der Waals surface area contributed by atoms with Gasteiger partial charge in [-0.1, -0.05) is 44.9 Å². The summed E-state index contributed by atoms with van der Waals surface area (Å²) in [5.41, 5.74) is -0.324. The van der Waals surface area contributed by atoms with E-state index < -0.39 is 6.04 Å². The second kappa shape index (κ2) is 10.8. The maximum atomic E-state index is 13.0. The molecule has 2 heterocycles. The van der Waals surface area contributed by atoms with Crippen molar-refractivity contribution in [2.24, 2.45) is 18.9 Å². The van der Waals surface area contributed by atoms with Crippen LogP contribution in [0.3, 0.4) is 0 Å². The predicted molar refractivity (Wildman–Crippen MR) is 119 cm³/mol. The number of Topliss-reactive ketones (excluding diaryl/α,β-unsaturated/α-hetero) is 1. The Morgan fingerprint density at radius 3 is 2.62 bits per heavy atom. The fraction of sp³-hybridized carbons (Fsp3) is 0.667. The molecule has 32 heavy (non-hydrogen) atoms. The largest absolute Gasteiger partial charge is 0.493 e. The van der Waals surface area contributed by atoms with Crippen LogP contribution in [0.2, 0.25) is 0 Å². The summed E-state index contributed by atoms with van der Waals surface area (Å²) in [6.07, 6.45) is 6.77. The first-order valence-electron chi connectivity index (χ1n) is 11.0. The monoisotopic (exact) mass is 465 g/mol. The molecule has 1 aliphatic rings. The average molecular weight is 466 g/mol. The third-order valence-electron chi connectivity index (χ3n) is 5.59. The molecular formula is C21H31N5O5S. The molecule has 0 aromatic carbocycles. The zero-order valence-corrected chi connectivity index (χ0v) is 19.6. The lowest BCUT2D eigenvalue weighted by Gasteiger charge is -2.24. The molecule has 1 atom stereocenters. The minimum absolute atomic E-state index is 0.0437. The summed E-state index contributed by atoms with van der Waals surface area (Å²) in [7, 11) is 1.56. The highest BCUT2D eigenvalue weighted by atomic mass is 32.2. The van der Waals surface area contributed by atoms with E-state index in [1.807, 2.05) is 13.8 Å². The predicted octanol–water partition coefficient (Wildman–Crippen LogP) is 2.36. The summed E-state index contributed by atoms with van der Waals surface area (Å²) in [6, 6.07) is -0.706. The molecule has 0 unspecified atom stereocenters. The van der Waals surface area contributed by atoms with Gasteiger partial charge in [0.15, 0.2) is 0 Å². The fourth-order valence-corrected chi connectivity index (χ4v) is 4.58.